The number of hydrogen-bond acceptors (Lipinski definition) is 4. The molecule has 2 fully saturated rings. The van der Waals surface area contributed by atoms with Gasteiger partial charge in [-0.2, -0.15) is 0 Å². The van der Waals surface area contributed by atoms with Crippen LogP contribution in [0.3, 0.4) is 0 Å². The maximum atomic E-state index is 12.9. The number of carbonyl (C=O) groups is 3. The molecule has 0 saturated carbocycles. The van der Waals surface area contributed by atoms with Crippen LogP contribution in [0.4, 0.5) is 10.5 Å². The van der Waals surface area contributed by atoms with Crippen molar-refractivity contribution in [1.29, 1.82) is 0 Å². The van der Waals surface area contributed by atoms with E-state index in [0.717, 1.165) is 24.1 Å². The summed E-state index contributed by atoms with van der Waals surface area (Å²) in [5, 5.41) is 0. The predicted octanol–water partition coefficient (Wildman–Crippen LogP) is 1.79. The quantitative estimate of drug-likeness (QED) is 0.807. The summed E-state index contributed by atoms with van der Waals surface area (Å²) in [6.45, 7) is 3.47. The summed E-state index contributed by atoms with van der Waals surface area (Å²) >= 11 is 0. The number of ether oxygens (including phenoxy) is 1. The number of nitrogens with zero attached hydrogens (tertiary/aromatic N) is 3. The van der Waals surface area contributed by atoms with Gasteiger partial charge in [0.05, 0.1) is 7.11 Å². The maximum Gasteiger partial charge on any atom is 0.410 e. The lowest BCUT2D eigenvalue weighted by molar-refractivity contribution is -0.141. The van der Waals surface area contributed by atoms with Crippen LogP contribution in [0.5, 0.6) is 0 Å². The van der Waals surface area contributed by atoms with Gasteiger partial charge in [-0.1, -0.05) is 17.7 Å². The van der Waals surface area contributed by atoms with Gasteiger partial charge in [0.2, 0.25) is 11.8 Å². The van der Waals surface area contributed by atoms with Crippen LogP contribution in [0, 0.1) is 6.92 Å². The second-order valence-corrected chi connectivity index (χ2v) is 6.82. The standard InChI is InChI=1S/C19H25N3O4/c1-14-6-8-15(9-7-14)21-12-11-20(13-17(21)23)18(24)16-5-3-4-10-22(16)19(25)26-2/h6-9,16H,3-5,10-13H2,1-2H3/t16-/m1/s1. The average Bonchev–Trinajstić information content (AvgIpc) is 2.67. The minimum Gasteiger partial charge on any atom is -0.453 e. The van der Waals surface area contributed by atoms with Gasteiger partial charge < -0.3 is 14.5 Å². The molecule has 2 saturated heterocycles. The van der Waals surface area contributed by atoms with Crippen LogP contribution < -0.4 is 4.90 Å². The number of methoxy groups -OCH3 is 1. The molecule has 0 spiro atoms. The molecule has 0 aromatic heterocycles. The third kappa shape index (κ3) is 3.66. The molecular formula is C19H25N3O4. The van der Waals surface area contributed by atoms with Crippen molar-refractivity contribution in [1.82, 2.24) is 9.80 Å². The van der Waals surface area contributed by atoms with Gasteiger partial charge in [0.1, 0.15) is 12.6 Å². The molecule has 3 amide bonds. The van der Waals surface area contributed by atoms with Crippen LogP contribution in [0.1, 0.15) is 24.8 Å². The van der Waals surface area contributed by atoms with Crippen LogP contribution >= 0.6 is 0 Å². The van der Waals surface area contributed by atoms with Gasteiger partial charge in [-0.05, 0) is 38.3 Å². The van der Waals surface area contributed by atoms with E-state index in [-0.39, 0.29) is 18.4 Å². The van der Waals surface area contributed by atoms with Crippen molar-refractivity contribution in [3.63, 3.8) is 0 Å². The molecule has 3 rings (SSSR count). The van der Waals surface area contributed by atoms with Crippen molar-refractivity contribution in [2.45, 2.75) is 32.2 Å². The number of aryl methyl sites for hydroxylation is 1. The average molecular weight is 359 g/mol. The number of piperidine rings is 1. The molecule has 2 aliphatic heterocycles. The molecule has 0 bridgehead atoms. The highest BCUT2D eigenvalue weighted by molar-refractivity contribution is 5.99. The fourth-order valence-corrected chi connectivity index (χ4v) is 3.59. The molecule has 26 heavy (non-hydrogen) atoms. The Morgan fingerprint density at radius 1 is 1.08 bits per heavy atom. The lowest BCUT2D eigenvalue weighted by Crippen LogP contribution is -2.58. The molecule has 7 heteroatoms. The van der Waals surface area contributed by atoms with Crippen LogP contribution in [0.15, 0.2) is 24.3 Å². The predicted molar refractivity (Wildman–Crippen MR) is 96.9 cm³/mol. The van der Waals surface area contributed by atoms with Gasteiger partial charge in [-0.15, -0.1) is 0 Å². The van der Waals surface area contributed by atoms with Crippen molar-refractivity contribution in [3.8, 4) is 0 Å². The fourth-order valence-electron chi connectivity index (χ4n) is 3.59. The Hall–Kier alpha value is -2.57. The number of amides is 3. The first-order valence-corrected chi connectivity index (χ1v) is 9.01. The number of likely N-dealkylation sites (tertiary alicyclic amines) is 1. The van der Waals surface area contributed by atoms with Crippen LogP contribution in [-0.2, 0) is 14.3 Å². The van der Waals surface area contributed by atoms with Crippen LogP contribution in [0.2, 0.25) is 0 Å². The maximum absolute atomic E-state index is 12.9. The Balaban J connectivity index is 1.67. The molecule has 140 valence electrons. The van der Waals surface area contributed by atoms with E-state index in [1.807, 2.05) is 31.2 Å². The van der Waals surface area contributed by atoms with E-state index in [1.54, 1.807) is 9.80 Å². The minimum absolute atomic E-state index is 0.0399. The first kappa shape index (κ1) is 18.2. The smallest absolute Gasteiger partial charge is 0.410 e. The van der Waals surface area contributed by atoms with E-state index in [4.69, 9.17) is 4.74 Å². The van der Waals surface area contributed by atoms with Crippen LogP contribution in [0.25, 0.3) is 0 Å². The summed E-state index contributed by atoms with van der Waals surface area (Å²) in [5.41, 5.74) is 1.98. The summed E-state index contributed by atoms with van der Waals surface area (Å²) in [6.07, 6.45) is 1.88. The fraction of sp³-hybridized carbons (Fsp3) is 0.526. The van der Waals surface area contributed by atoms with Gasteiger partial charge in [0.15, 0.2) is 0 Å². The van der Waals surface area contributed by atoms with Gasteiger partial charge in [0.25, 0.3) is 0 Å². The minimum atomic E-state index is -0.532. The molecule has 2 aliphatic rings. The molecule has 2 heterocycles. The van der Waals surface area contributed by atoms with Crippen molar-refractivity contribution >= 4 is 23.6 Å². The van der Waals surface area contributed by atoms with E-state index >= 15 is 0 Å². The monoisotopic (exact) mass is 359 g/mol. The number of anilines is 1. The Morgan fingerprint density at radius 3 is 2.46 bits per heavy atom. The third-order valence-corrected chi connectivity index (χ3v) is 5.08. The van der Waals surface area contributed by atoms with Gasteiger partial charge in [0, 0.05) is 25.3 Å². The van der Waals surface area contributed by atoms with Gasteiger partial charge >= 0.3 is 6.09 Å². The van der Waals surface area contributed by atoms with Crippen molar-refractivity contribution in [2.24, 2.45) is 0 Å². The number of carbonyl (C=O) groups excluding carboxylic acids is 3. The zero-order valence-corrected chi connectivity index (χ0v) is 15.3. The van der Waals surface area contributed by atoms with Gasteiger partial charge in [-0.3, -0.25) is 14.5 Å². The van der Waals surface area contributed by atoms with Crippen molar-refractivity contribution in [3.05, 3.63) is 29.8 Å². The number of hydrogen-bond donors (Lipinski definition) is 0. The van der Waals surface area contributed by atoms with E-state index in [1.165, 1.54) is 12.0 Å². The molecular weight excluding hydrogens is 334 g/mol. The first-order valence-electron chi connectivity index (χ1n) is 9.01. The Morgan fingerprint density at radius 2 is 1.81 bits per heavy atom. The van der Waals surface area contributed by atoms with E-state index in [2.05, 4.69) is 0 Å². The number of benzene rings is 1. The molecule has 0 N–H and O–H groups in total. The van der Waals surface area contributed by atoms with Crippen molar-refractivity contribution in [2.75, 3.05) is 38.2 Å². The molecule has 1 atom stereocenters. The van der Waals surface area contributed by atoms with Crippen LogP contribution in [-0.4, -0.2) is 67.0 Å². The highest BCUT2D eigenvalue weighted by atomic mass is 16.5. The molecule has 7 nitrogen and oxygen atoms in total. The van der Waals surface area contributed by atoms with E-state index in [0.29, 0.717) is 26.1 Å². The highest BCUT2D eigenvalue weighted by Gasteiger charge is 2.38. The Kier molecular flexibility index (Phi) is 5.44. The zero-order chi connectivity index (χ0) is 18.7. The lowest BCUT2D eigenvalue weighted by Gasteiger charge is -2.39. The summed E-state index contributed by atoms with van der Waals surface area (Å²) in [4.78, 5) is 42.2. The van der Waals surface area contributed by atoms with Gasteiger partial charge in [-0.25, -0.2) is 4.79 Å². The second-order valence-electron chi connectivity index (χ2n) is 6.82. The largest absolute Gasteiger partial charge is 0.453 e. The SMILES string of the molecule is COC(=O)N1CCCC[C@@H]1C(=O)N1CCN(c2ccc(C)cc2)C(=O)C1. The molecule has 1 aromatic rings. The topological polar surface area (TPSA) is 70.2 Å². The Labute approximate surface area is 153 Å². The Bertz CT molecular complexity index is 689. The molecule has 0 aliphatic carbocycles. The lowest BCUT2D eigenvalue weighted by atomic mass is 10.0. The molecule has 0 radical (unpaired) electrons. The van der Waals surface area contributed by atoms with Crippen molar-refractivity contribution < 1.29 is 19.1 Å². The molecule has 1 aromatic carbocycles. The summed E-state index contributed by atoms with van der Waals surface area (Å²) < 4.78 is 4.80. The normalized spacial score (nSPS) is 20.9. The number of rotatable bonds is 2. The molecule has 0 unspecified atom stereocenters. The third-order valence-electron chi connectivity index (χ3n) is 5.08. The summed E-state index contributed by atoms with van der Waals surface area (Å²) in [6, 6.07) is 7.25. The van der Waals surface area contributed by atoms with E-state index in [9.17, 15) is 14.4 Å². The van der Waals surface area contributed by atoms with E-state index < -0.39 is 12.1 Å². The first-order chi connectivity index (χ1) is 12.5. The highest BCUT2D eigenvalue weighted by Crippen LogP contribution is 2.22. The number of piperazine rings is 1. The second kappa shape index (κ2) is 7.76. The summed E-state index contributed by atoms with van der Waals surface area (Å²) in [7, 11) is 1.32. The zero-order valence-electron chi connectivity index (χ0n) is 15.3. The summed E-state index contributed by atoms with van der Waals surface area (Å²) in [5.74, 6) is -0.263.